The third kappa shape index (κ3) is 2.48. The van der Waals surface area contributed by atoms with Crippen molar-refractivity contribution in [2.75, 3.05) is 18.0 Å². The van der Waals surface area contributed by atoms with Crippen molar-refractivity contribution >= 4 is 11.5 Å². The minimum absolute atomic E-state index is 0.0789. The molecule has 2 heterocycles. The molecule has 3 rings (SSSR count). The molecule has 0 N–H and O–H groups in total. The number of nitrogens with zero attached hydrogens (tertiary/aromatic N) is 1. The molecule has 0 amide bonds. The molecule has 1 aliphatic heterocycles. The topological polar surface area (TPSA) is 33.5 Å². The summed E-state index contributed by atoms with van der Waals surface area (Å²) < 4.78 is 5.43. The standard InChI is InChI=1S/C17H19NO2/c1-13(19)16-12-14(18-9-3-2-4-10-18)7-8-15(16)17-6-5-11-20-17/h5-8,11-12H,2-4,9-10H2,1H3. The van der Waals surface area contributed by atoms with Crippen LogP contribution >= 0.6 is 0 Å². The Bertz CT molecular complexity index is 595. The second-order valence-corrected chi connectivity index (χ2v) is 5.31. The van der Waals surface area contributed by atoms with E-state index in [0.29, 0.717) is 0 Å². The Morgan fingerprint density at radius 1 is 1.15 bits per heavy atom. The fourth-order valence-corrected chi connectivity index (χ4v) is 2.82. The lowest BCUT2D eigenvalue weighted by Crippen LogP contribution is -2.29. The van der Waals surface area contributed by atoms with Crippen LogP contribution in [0.5, 0.6) is 0 Å². The first-order valence-electron chi connectivity index (χ1n) is 7.19. The minimum atomic E-state index is 0.0789. The molecule has 20 heavy (non-hydrogen) atoms. The number of furan rings is 1. The van der Waals surface area contributed by atoms with E-state index < -0.39 is 0 Å². The van der Waals surface area contributed by atoms with Crippen LogP contribution in [0.25, 0.3) is 11.3 Å². The number of hydrogen-bond acceptors (Lipinski definition) is 3. The summed E-state index contributed by atoms with van der Waals surface area (Å²) in [5.41, 5.74) is 2.76. The second-order valence-electron chi connectivity index (χ2n) is 5.31. The summed E-state index contributed by atoms with van der Waals surface area (Å²) in [5, 5.41) is 0. The zero-order valence-corrected chi connectivity index (χ0v) is 11.8. The van der Waals surface area contributed by atoms with Crippen molar-refractivity contribution < 1.29 is 9.21 Å². The zero-order valence-electron chi connectivity index (χ0n) is 11.8. The summed E-state index contributed by atoms with van der Waals surface area (Å²) in [7, 11) is 0. The van der Waals surface area contributed by atoms with Gasteiger partial charge in [0.2, 0.25) is 0 Å². The smallest absolute Gasteiger partial charge is 0.160 e. The Morgan fingerprint density at radius 3 is 2.60 bits per heavy atom. The van der Waals surface area contributed by atoms with Gasteiger partial charge in [-0.2, -0.15) is 0 Å². The number of Topliss-reactive ketones (excluding diaryl/α,β-unsaturated/α-hetero) is 1. The molecule has 1 aromatic carbocycles. The van der Waals surface area contributed by atoms with E-state index in [-0.39, 0.29) is 5.78 Å². The first-order chi connectivity index (χ1) is 9.75. The Labute approximate surface area is 119 Å². The maximum atomic E-state index is 11.9. The van der Waals surface area contributed by atoms with Crippen LogP contribution < -0.4 is 4.90 Å². The Kier molecular flexibility index (Phi) is 3.59. The van der Waals surface area contributed by atoms with Crippen molar-refractivity contribution in [2.45, 2.75) is 26.2 Å². The van der Waals surface area contributed by atoms with Crippen LogP contribution in [0.1, 0.15) is 36.5 Å². The Hall–Kier alpha value is -2.03. The van der Waals surface area contributed by atoms with Crippen molar-refractivity contribution in [1.82, 2.24) is 0 Å². The van der Waals surface area contributed by atoms with E-state index in [1.54, 1.807) is 13.2 Å². The second kappa shape index (κ2) is 5.53. The molecule has 104 valence electrons. The van der Waals surface area contributed by atoms with E-state index in [1.807, 2.05) is 24.3 Å². The summed E-state index contributed by atoms with van der Waals surface area (Å²) in [6.07, 6.45) is 5.41. The van der Waals surface area contributed by atoms with Crippen LogP contribution in [-0.2, 0) is 0 Å². The van der Waals surface area contributed by atoms with Crippen molar-refractivity contribution in [1.29, 1.82) is 0 Å². The monoisotopic (exact) mass is 269 g/mol. The molecule has 3 nitrogen and oxygen atoms in total. The van der Waals surface area contributed by atoms with Gasteiger partial charge in [0, 0.05) is 29.9 Å². The van der Waals surface area contributed by atoms with Crippen molar-refractivity contribution in [3.05, 3.63) is 42.2 Å². The molecule has 0 unspecified atom stereocenters. The van der Waals surface area contributed by atoms with E-state index in [9.17, 15) is 4.79 Å². The highest BCUT2D eigenvalue weighted by molar-refractivity contribution is 6.01. The fraction of sp³-hybridized carbons (Fsp3) is 0.353. The van der Waals surface area contributed by atoms with Crippen LogP contribution in [-0.4, -0.2) is 18.9 Å². The van der Waals surface area contributed by atoms with E-state index in [0.717, 1.165) is 35.7 Å². The van der Waals surface area contributed by atoms with Gasteiger partial charge in [-0.3, -0.25) is 4.79 Å². The molecule has 3 heteroatoms. The summed E-state index contributed by atoms with van der Waals surface area (Å²) in [5.74, 6) is 0.829. The van der Waals surface area contributed by atoms with Crippen molar-refractivity contribution in [2.24, 2.45) is 0 Å². The van der Waals surface area contributed by atoms with Gasteiger partial charge in [-0.25, -0.2) is 0 Å². The maximum Gasteiger partial charge on any atom is 0.160 e. The number of anilines is 1. The van der Waals surface area contributed by atoms with E-state index >= 15 is 0 Å². The highest BCUT2D eigenvalue weighted by atomic mass is 16.3. The van der Waals surface area contributed by atoms with Crippen LogP contribution in [0.2, 0.25) is 0 Å². The van der Waals surface area contributed by atoms with Crippen molar-refractivity contribution in [3.63, 3.8) is 0 Å². The van der Waals surface area contributed by atoms with Crippen LogP contribution in [0.4, 0.5) is 5.69 Å². The number of carbonyl (C=O) groups is 1. The number of benzene rings is 1. The van der Waals surface area contributed by atoms with E-state index in [4.69, 9.17) is 4.42 Å². The molecule has 0 spiro atoms. The number of hydrogen-bond donors (Lipinski definition) is 0. The maximum absolute atomic E-state index is 11.9. The molecule has 1 fully saturated rings. The largest absolute Gasteiger partial charge is 0.464 e. The first kappa shape index (κ1) is 13.0. The number of piperidine rings is 1. The molecule has 0 radical (unpaired) electrons. The minimum Gasteiger partial charge on any atom is -0.464 e. The van der Waals surface area contributed by atoms with Gasteiger partial charge in [-0.15, -0.1) is 0 Å². The molecule has 0 atom stereocenters. The average molecular weight is 269 g/mol. The van der Waals surface area contributed by atoms with E-state index in [2.05, 4.69) is 11.0 Å². The van der Waals surface area contributed by atoms with Gasteiger partial charge in [-0.05, 0) is 56.5 Å². The van der Waals surface area contributed by atoms with Crippen LogP contribution in [0, 0.1) is 0 Å². The Morgan fingerprint density at radius 2 is 1.95 bits per heavy atom. The van der Waals surface area contributed by atoms with Crippen molar-refractivity contribution in [3.8, 4) is 11.3 Å². The third-order valence-electron chi connectivity index (χ3n) is 3.89. The van der Waals surface area contributed by atoms with Gasteiger partial charge < -0.3 is 9.32 Å². The molecular weight excluding hydrogens is 250 g/mol. The lowest BCUT2D eigenvalue weighted by atomic mass is 10.00. The number of ketones is 1. The normalized spacial score (nSPS) is 15.3. The van der Waals surface area contributed by atoms with Crippen LogP contribution in [0.3, 0.4) is 0 Å². The molecule has 1 saturated heterocycles. The van der Waals surface area contributed by atoms with Gasteiger partial charge in [0.15, 0.2) is 5.78 Å². The van der Waals surface area contributed by atoms with Gasteiger partial charge in [0.1, 0.15) is 5.76 Å². The fourth-order valence-electron chi connectivity index (χ4n) is 2.82. The van der Waals surface area contributed by atoms with Gasteiger partial charge in [0.05, 0.1) is 6.26 Å². The molecule has 0 saturated carbocycles. The van der Waals surface area contributed by atoms with Crippen LogP contribution in [0.15, 0.2) is 41.0 Å². The first-order valence-corrected chi connectivity index (χ1v) is 7.19. The van der Waals surface area contributed by atoms with Gasteiger partial charge >= 0.3 is 0 Å². The molecule has 1 aromatic heterocycles. The number of rotatable bonds is 3. The summed E-state index contributed by atoms with van der Waals surface area (Å²) in [6, 6.07) is 9.83. The van der Waals surface area contributed by atoms with Gasteiger partial charge in [0.25, 0.3) is 0 Å². The number of carbonyl (C=O) groups excluding carboxylic acids is 1. The lowest BCUT2D eigenvalue weighted by Gasteiger charge is -2.29. The quantitative estimate of drug-likeness (QED) is 0.785. The van der Waals surface area contributed by atoms with Gasteiger partial charge in [-0.1, -0.05) is 0 Å². The highest BCUT2D eigenvalue weighted by Crippen LogP contribution is 2.29. The highest BCUT2D eigenvalue weighted by Gasteiger charge is 2.16. The summed E-state index contributed by atoms with van der Waals surface area (Å²) in [4.78, 5) is 14.3. The third-order valence-corrected chi connectivity index (χ3v) is 3.89. The zero-order chi connectivity index (χ0) is 13.9. The molecular formula is C17H19NO2. The average Bonchev–Trinajstić information content (AvgIpc) is 3.01. The summed E-state index contributed by atoms with van der Waals surface area (Å²) >= 11 is 0. The predicted molar refractivity (Wildman–Crippen MR) is 80.2 cm³/mol. The van der Waals surface area contributed by atoms with E-state index in [1.165, 1.54) is 19.3 Å². The SMILES string of the molecule is CC(=O)c1cc(N2CCCCC2)ccc1-c1ccco1. The molecule has 0 aliphatic carbocycles. The Balaban J connectivity index is 1.99. The molecule has 2 aromatic rings. The lowest BCUT2D eigenvalue weighted by molar-refractivity contribution is 0.101. The molecule has 0 bridgehead atoms. The predicted octanol–water partition coefficient (Wildman–Crippen LogP) is 4.14. The summed E-state index contributed by atoms with van der Waals surface area (Å²) in [6.45, 7) is 3.77. The molecule has 1 aliphatic rings.